The van der Waals surface area contributed by atoms with E-state index in [1.54, 1.807) is 0 Å². The van der Waals surface area contributed by atoms with Crippen molar-refractivity contribution in [3.63, 3.8) is 0 Å². The lowest BCUT2D eigenvalue weighted by Gasteiger charge is -1.92. The highest BCUT2D eigenvalue weighted by atomic mass is 35.5. The first-order chi connectivity index (χ1) is 4.68. The molecule has 64 valence electrons. The van der Waals surface area contributed by atoms with Crippen LogP contribution in [0.15, 0.2) is 0 Å². The van der Waals surface area contributed by atoms with E-state index in [0.29, 0.717) is 6.42 Å². The van der Waals surface area contributed by atoms with Gasteiger partial charge in [0.05, 0.1) is 0 Å². The standard InChI is InChI=1S/C4H9ClO.C2H8OSi/c1-4(5)2-3-6;1-2-3-4/h4,6H,2-3H2,1H3;2H2,1,4H3. The van der Waals surface area contributed by atoms with Crippen LogP contribution in [0, 0.1) is 0 Å². The summed E-state index contributed by atoms with van der Waals surface area (Å²) in [7, 11) is 0.890. The van der Waals surface area contributed by atoms with E-state index in [0.717, 1.165) is 17.1 Å². The normalized spacial score (nSPS) is 12.0. The Morgan fingerprint density at radius 3 is 2.10 bits per heavy atom. The molecule has 1 atom stereocenters. The minimum absolute atomic E-state index is 0.120. The second-order valence-electron chi connectivity index (χ2n) is 1.87. The number of alkyl halides is 1. The quantitative estimate of drug-likeness (QED) is 0.505. The molecule has 0 aliphatic carbocycles. The lowest BCUT2D eigenvalue weighted by molar-refractivity contribution is 0.288. The third-order valence-electron chi connectivity index (χ3n) is 0.816. The van der Waals surface area contributed by atoms with Gasteiger partial charge in [0.15, 0.2) is 0 Å². The van der Waals surface area contributed by atoms with E-state index in [2.05, 4.69) is 4.43 Å². The van der Waals surface area contributed by atoms with Crippen molar-refractivity contribution in [3.05, 3.63) is 0 Å². The molecule has 0 radical (unpaired) electrons. The Kier molecular flexibility index (Phi) is 15.8. The second-order valence-corrected chi connectivity index (χ2v) is 3.19. The molecule has 0 saturated heterocycles. The first-order valence-corrected chi connectivity index (χ1v) is 4.68. The lowest BCUT2D eigenvalue weighted by atomic mass is 10.4. The molecule has 0 heterocycles. The third-order valence-corrected chi connectivity index (χ3v) is 1.61. The van der Waals surface area contributed by atoms with Gasteiger partial charge in [-0.15, -0.1) is 11.6 Å². The zero-order valence-corrected chi connectivity index (χ0v) is 9.69. The largest absolute Gasteiger partial charge is 0.428 e. The summed E-state index contributed by atoms with van der Waals surface area (Å²) in [5.74, 6) is 0. The van der Waals surface area contributed by atoms with Crippen LogP contribution in [0.25, 0.3) is 0 Å². The average molecular weight is 185 g/mol. The zero-order valence-electron chi connectivity index (χ0n) is 6.93. The molecule has 0 aromatic rings. The SMILES string of the molecule is CC(Cl)CCO.CCO[SiH3]. The maximum absolute atomic E-state index is 8.15. The van der Waals surface area contributed by atoms with Crippen LogP contribution >= 0.6 is 11.6 Å². The van der Waals surface area contributed by atoms with Gasteiger partial charge in [-0.25, -0.2) is 0 Å². The molecule has 0 amide bonds. The topological polar surface area (TPSA) is 29.5 Å². The van der Waals surface area contributed by atoms with Crippen molar-refractivity contribution in [3.8, 4) is 0 Å². The van der Waals surface area contributed by atoms with Crippen LogP contribution in [-0.2, 0) is 4.43 Å². The van der Waals surface area contributed by atoms with Gasteiger partial charge in [-0.2, -0.15) is 0 Å². The number of halogens is 1. The van der Waals surface area contributed by atoms with Crippen LogP contribution in [0.4, 0.5) is 0 Å². The van der Waals surface area contributed by atoms with Crippen molar-refractivity contribution in [2.24, 2.45) is 0 Å². The number of aliphatic hydroxyl groups is 1. The predicted molar refractivity (Wildman–Crippen MR) is 48.6 cm³/mol. The van der Waals surface area contributed by atoms with Crippen LogP contribution in [0.3, 0.4) is 0 Å². The minimum atomic E-state index is 0.120. The first kappa shape index (κ1) is 13.0. The summed E-state index contributed by atoms with van der Waals surface area (Å²) < 4.78 is 4.68. The van der Waals surface area contributed by atoms with Crippen LogP contribution < -0.4 is 0 Å². The molecule has 0 saturated carbocycles. The van der Waals surface area contributed by atoms with E-state index in [1.807, 2.05) is 13.8 Å². The fourth-order valence-electron chi connectivity index (χ4n) is 0.178. The Balaban J connectivity index is 0. The van der Waals surface area contributed by atoms with Gasteiger partial charge >= 0.3 is 0 Å². The summed E-state index contributed by atoms with van der Waals surface area (Å²) in [5, 5.41) is 8.27. The van der Waals surface area contributed by atoms with Gasteiger partial charge in [0.25, 0.3) is 0 Å². The molecular weight excluding hydrogens is 168 g/mol. The van der Waals surface area contributed by atoms with Crippen LogP contribution in [0.2, 0.25) is 0 Å². The van der Waals surface area contributed by atoms with E-state index < -0.39 is 0 Å². The monoisotopic (exact) mass is 184 g/mol. The van der Waals surface area contributed by atoms with Gasteiger partial charge in [0.1, 0.15) is 10.5 Å². The van der Waals surface area contributed by atoms with Crippen LogP contribution in [-0.4, -0.2) is 34.2 Å². The van der Waals surface area contributed by atoms with Crippen molar-refractivity contribution < 1.29 is 9.53 Å². The smallest absolute Gasteiger partial charge is 0.145 e. The highest BCUT2D eigenvalue weighted by Crippen LogP contribution is 1.96. The van der Waals surface area contributed by atoms with E-state index in [1.165, 1.54) is 0 Å². The van der Waals surface area contributed by atoms with Crippen LogP contribution in [0.5, 0.6) is 0 Å². The van der Waals surface area contributed by atoms with Crippen molar-refractivity contribution >= 4 is 22.1 Å². The van der Waals surface area contributed by atoms with Gasteiger partial charge in [-0.05, 0) is 20.3 Å². The molecule has 1 unspecified atom stereocenters. The van der Waals surface area contributed by atoms with E-state index >= 15 is 0 Å². The third kappa shape index (κ3) is 23.7. The Bertz CT molecular complexity index is 51.0. The molecule has 0 spiro atoms. The maximum atomic E-state index is 8.15. The summed E-state index contributed by atoms with van der Waals surface area (Å²) in [5.41, 5.74) is 0. The highest BCUT2D eigenvalue weighted by Gasteiger charge is 1.89. The van der Waals surface area contributed by atoms with E-state index in [4.69, 9.17) is 16.7 Å². The summed E-state index contributed by atoms with van der Waals surface area (Å²) >= 11 is 5.42. The number of rotatable bonds is 3. The lowest BCUT2D eigenvalue weighted by Crippen LogP contribution is -1.92. The summed E-state index contributed by atoms with van der Waals surface area (Å²) in [6, 6.07) is 0. The van der Waals surface area contributed by atoms with E-state index in [-0.39, 0.29) is 12.0 Å². The highest BCUT2D eigenvalue weighted by molar-refractivity contribution is 6.20. The Morgan fingerprint density at radius 1 is 1.70 bits per heavy atom. The molecule has 0 aromatic heterocycles. The van der Waals surface area contributed by atoms with Gasteiger partial charge < -0.3 is 9.53 Å². The average Bonchev–Trinajstić information content (AvgIpc) is 1.89. The fourth-order valence-corrected chi connectivity index (χ4v) is 0.275. The minimum Gasteiger partial charge on any atom is -0.428 e. The van der Waals surface area contributed by atoms with Crippen molar-refractivity contribution in [1.29, 1.82) is 0 Å². The van der Waals surface area contributed by atoms with Crippen molar-refractivity contribution in [1.82, 2.24) is 0 Å². The van der Waals surface area contributed by atoms with Gasteiger partial charge in [0.2, 0.25) is 0 Å². The zero-order chi connectivity index (χ0) is 8.41. The van der Waals surface area contributed by atoms with E-state index in [9.17, 15) is 0 Å². The molecule has 0 bridgehead atoms. The fraction of sp³-hybridized carbons (Fsp3) is 1.00. The summed E-state index contributed by atoms with van der Waals surface area (Å²) in [4.78, 5) is 0. The Labute approximate surface area is 71.1 Å². The number of aliphatic hydroxyl groups excluding tert-OH is 1. The number of hydrogen-bond acceptors (Lipinski definition) is 2. The molecule has 0 aliphatic rings. The molecule has 4 heteroatoms. The first-order valence-electron chi connectivity index (χ1n) is 3.42. The summed E-state index contributed by atoms with van der Waals surface area (Å²) in [6.07, 6.45) is 0.696. The molecule has 2 nitrogen and oxygen atoms in total. The van der Waals surface area contributed by atoms with Crippen molar-refractivity contribution in [2.75, 3.05) is 13.2 Å². The molecule has 10 heavy (non-hydrogen) atoms. The van der Waals surface area contributed by atoms with Gasteiger partial charge in [-0.1, -0.05) is 0 Å². The molecule has 0 rings (SSSR count). The Hall–Kier alpha value is 0.427. The molecule has 0 fully saturated rings. The molecule has 1 N–H and O–H groups in total. The second kappa shape index (κ2) is 12.1. The molecule has 0 aromatic carbocycles. The molecular formula is C6H17ClO2Si. The predicted octanol–water partition coefficient (Wildman–Crippen LogP) is 0.299. The van der Waals surface area contributed by atoms with Crippen molar-refractivity contribution in [2.45, 2.75) is 25.6 Å². The van der Waals surface area contributed by atoms with Crippen LogP contribution in [0.1, 0.15) is 20.3 Å². The van der Waals surface area contributed by atoms with Gasteiger partial charge in [-0.3, -0.25) is 0 Å². The maximum Gasteiger partial charge on any atom is 0.145 e. The summed E-state index contributed by atoms with van der Waals surface area (Å²) in [6.45, 7) is 4.93. The van der Waals surface area contributed by atoms with Gasteiger partial charge in [0, 0.05) is 18.6 Å². The Morgan fingerprint density at radius 2 is 2.10 bits per heavy atom. The molecule has 0 aliphatic heterocycles. The number of hydrogen-bond donors (Lipinski definition) is 1.